The van der Waals surface area contributed by atoms with Gasteiger partial charge in [0.05, 0.1) is 30.7 Å². The van der Waals surface area contributed by atoms with Crippen molar-refractivity contribution in [1.82, 2.24) is 34.5 Å². The molecule has 146 valence electrons. The molecule has 9 nitrogen and oxygen atoms in total. The zero-order valence-electron chi connectivity index (χ0n) is 16.0. The average Bonchev–Trinajstić information content (AvgIpc) is 3.48. The van der Waals surface area contributed by atoms with Crippen molar-refractivity contribution < 1.29 is 4.74 Å². The molecule has 0 radical (unpaired) electrons. The Morgan fingerprint density at radius 3 is 2.93 bits per heavy atom. The summed E-state index contributed by atoms with van der Waals surface area (Å²) in [6, 6.07) is 3.98. The monoisotopic (exact) mass is 388 g/mol. The van der Waals surface area contributed by atoms with Crippen molar-refractivity contribution >= 4 is 16.8 Å². The predicted molar refractivity (Wildman–Crippen MR) is 104 cm³/mol. The molecule has 1 fully saturated rings. The van der Waals surface area contributed by atoms with E-state index < -0.39 is 0 Å². The van der Waals surface area contributed by atoms with E-state index in [0.717, 1.165) is 41.9 Å². The SMILES string of the molecule is CC[C@H]1C[C@@H](COc2cnc(C#N)cn2)C[C@H]1c1nnc2cnc3[nH]ccc3n12. The van der Waals surface area contributed by atoms with Gasteiger partial charge >= 0.3 is 0 Å². The molecule has 29 heavy (non-hydrogen) atoms. The third-order valence-electron chi connectivity index (χ3n) is 5.83. The van der Waals surface area contributed by atoms with Crippen molar-refractivity contribution in [1.29, 1.82) is 5.26 Å². The first-order valence-corrected chi connectivity index (χ1v) is 9.79. The van der Waals surface area contributed by atoms with E-state index >= 15 is 0 Å². The minimum absolute atomic E-state index is 0.286. The van der Waals surface area contributed by atoms with E-state index in [1.165, 1.54) is 12.4 Å². The van der Waals surface area contributed by atoms with Gasteiger partial charge in [-0.2, -0.15) is 5.26 Å². The first-order valence-electron chi connectivity index (χ1n) is 9.79. The number of nitrogens with zero attached hydrogens (tertiary/aromatic N) is 7. The quantitative estimate of drug-likeness (QED) is 0.558. The van der Waals surface area contributed by atoms with Gasteiger partial charge in [0.25, 0.3) is 0 Å². The van der Waals surface area contributed by atoms with E-state index in [1.807, 2.05) is 18.3 Å². The van der Waals surface area contributed by atoms with Crippen LogP contribution in [0.3, 0.4) is 0 Å². The summed E-state index contributed by atoms with van der Waals surface area (Å²) in [7, 11) is 0. The molecule has 4 heterocycles. The summed E-state index contributed by atoms with van der Waals surface area (Å²) < 4.78 is 7.98. The Kier molecular flexibility index (Phi) is 4.31. The van der Waals surface area contributed by atoms with Crippen molar-refractivity contribution in [2.24, 2.45) is 11.8 Å². The Hall–Kier alpha value is -3.54. The number of H-pyrrole nitrogens is 1. The number of nitriles is 1. The van der Waals surface area contributed by atoms with Crippen molar-refractivity contribution in [2.75, 3.05) is 6.61 Å². The third kappa shape index (κ3) is 3.06. The van der Waals surface area contributed by atoms with Crippen LogP contribution in [0.25, 0.3) is 16.8 Å². The third-order valence-corrected chi connectivity index (χ3v) is 5.83. The molecule has 0 spiro atoms. The molecule has 1 aliphatic carbocycles. The highest BCUT2D eigenvalue weighted by Gasteiger charge is 2.37. The Morgan fingerprint density at radius 2 is 2.14 bits per heavy atom. The lowest BCUT2D eigenvalue weighted by molar-refractivity contribution is 0.238. The molecule has 0 aromatic carbocycles. The maximum absolute atomic E-state index is 8.82. The molecule has 3 atom stereocenters. The van der Waals surface area contributed by atoms with Gasteiger partial charge in [-0.25, -0.2) is 15.0 Å². The Balaban J connectivity index is 1.37. The molecule has 1 saturated carbocycles. The molecular formula is C20H20N8O. The molecular weight excluding hydrogens is 368 g/mol. The molecule has 4 aromatic rings. The molecule has 0 amide bonds. The molecule has 0 saturated heterocycles. The van der Waals surface area contributed by atoms with Crippen molar-refractivity contribution in [3.8, 4) is 11.9 Å². The maximum Gasteiger partial charge on any atom is 0.232 e. The van der Waals surface area contributed by atoms with E-state index in [0.29, 0.717) is 30.2 Å². The normalized spacial score (nSPS) is 21.6. The predicted octanol–water partition coefficient (Wildman–Crippen LogP) is 2.87. The number of hydrogen-bond acceptors (Lipinski definition) is 7. The fourth-order valence-corrected chi connectivity index (χ4v) is 4.43. The van der Waals surface area contributed by atoms with Crippen LogP contribution in [-0.4, -0.2) is 41.1 Å². The number of rotatable bonds is 5. The zero-order chi connectivity index (χ0) is 19.8. The van der Waals surface area contributed by atoms with Crippen molar-refractivity contribution in [3.63, 3.8) is 0 Å². The fraction of sp³-hybridized carbons (Fsp3) is 0.400. The lowest BCUT2D eigenvalue weighted by Crippen LogP contribution is -2.10. The molecule has 0 aliphatic heterocycles. The van der Waals surface area contributed by atoms with Gasteiger partial charge in [0.1, 0.15) is 11.9 Å². The van der Waals surface area contributed by atoms with Gasteiger partial charge in [0.2, 0.25) is 5.88 Å². The minimum atomic E-state index is 0.286. The second-order valence-electron chi connectivity index (χ2n) is 7.50. The lowest BCUT2D eigenvalue weighted by Gasteiger charge is -2.16. The maximum atomic E-state index is 8.82. The van der Waals surface area contributed by atoms with Crippen LogP contribution in [0.5, 0.6) is 5.88 Å². The molecule has 0 unspecified atom stereocenters. The van der Waals surface area contributed by atoms with Crippen LogP contribution in [0.4, 0.5) is 0 Å². The van der Waals surface area contributed by atoms with E-state index in [1.54, 1.807) is 6.20 Å². The Morgan fingerprint density at radius 1 is 1.21 bits per heavy atom. The van der Waals surface area contributed by atoms with Crippen LogP contribution in [0, 0.1) is 23.2 Å². The summed E-state index contributed by atoms with van der Waals surface area (Å²) >= 11 is 0. The van der Waals surface area contributed by atoms with Gasteiger partial charge < -0.3 is 9.72 Å². The average molecular weight is 388 g/mol. The van der Waals surface area contributed by atoms with Crippen LogP contribution in [0.2, 0.25) is 0 Å². The van der Waals surface area contributed by atoms with E-state index in [9.17, 15) is 0 Å². The number of nitrogens with one attached hydrogen (secondary N) is 1. The second-order valence-corrected chi connectivity index (χ2v) is 7.50. The smallest absolute Gasteiger partial charge is 0.232 e. The van der Waals surface area contributed by atoms with E-state index in [4.69, 9.17) is 10.00 Å². The first kappa shape index (κ1) is 17.6. The second kappa shape index (κ2) is 7.13. The van der Waals surface area contributed by atoms with Crippen LogP contribution < -0.4 is 4.74 Å². The molecule has 0 bridgehead atoms. The van der Waals surface area contributed by atoms with Crippen LogP contribution >= 0.6 is 0 Å². The van der Waals surface area contributed by atoms with Gasteiger partial charge in [0, 0.05) is 12.1 Å². The molecule has 5 rings (SSSR count). The highest BCUT2D eigenvalue weighted by atomic mass is 16.5. The van der Waals surface area contributed by atoms with Gasteiger partial charge in [-0.15, -0.1) is 10.2 Å². The topological polar surface area (TPSA) is 118 Å². The summed E-state index contributed by atoms with van der Waals surface area (Å²) in [6.45, 7) is 2.80. The zero-order valence-corrected chi connectivity index (χ0v) is 16.0. The number of aromatic nitrogens is 7. The van der Waals surface area contributed by atoms with Gasteiger partial charge in [-0.3, -0.25) is 4.40 Å². The fourth-order valence-electron chi connectivity index (χ4n) is 4.43. The van der Waals surface area contributed by atoms with E-state index in [-0.39, 0.29) is 5.69 Å². The number of ether oxygens (including phenoxy) is 1. The van der Waals surface area contributed by atoms with Crippen LogP contribution in [0.15, 0.2) is 30.9 Å². The highest BCUT2D eigenvalue weighted by Crippen LogP contribution is 2.44. The molecule has 1 aliphatic rings. The van der Waals surface area contributed by atoms with Crippen LogP contribution in [0.1, 0.15) is 43.6 Å². The highest BCUT2D eigenvalue weighted by molar-refractivity contribution is 5.74. The number of hydrogen-bond donors (Lipinski definition) is 1. The number of fused-ring (bicyclic) bond motifs is 3. The Bertz CT molecular complexity index is 1190. The molecule has 9 heteroatoms. The summed E-state index contributed by atoms with van der Waals surface area (Å²) in [6.07, 6.45) is 9.72. The molecule has 1 N–H and O–H groups in total. The minimum Gasteiger partial charge on any atom is -0.476 e. The van der Waals surface area contributed by atoms with Crippen LogP contribution in [-0.2, 0) is 0 Å². The first-order chi connectivity index (χ1) is 14.3. The van der Waals surface area contributed by atoms with Gasteiger partial charge in [-0.1, -0.05) is 13.3 Å². The Labute approximate surface area is 166 Å². The summed E-state index contributed by atoms with van der Waals surface area (Å²) in [5.41, 5.74) is 2.90. The van der Waals surface area contributed by atoms with Gasteiger partial charge in [0.15, 0.2) is 17.0 Å². The standard InChI is InChI=1S/C20H20N8O/c1-2-13-5-12(11-29-18-10-23-14(7-21)8-24-18)6-15(13)20-27-26-17-9-25-19-16(28(17)20)3-4-22-19/h3-4,8-10,12-13,15,22H,2,5-6,11H2,1H3/t12-,13+,15-/m1/s1. The molecule has 4 aromatic heterocycles. The number of aromatic amines is 1. The van der Waals surface area contributed by atoms with Crippen molar-refractivity contribution in [2.45, 2.75) is 32.1 Å². The van der Waals surface area contributed by atoms with Gasteiger partial charge in [-0.05, 0) is 30.7 Å². The largest absolute Gasteiger partial charge is 0.476 e. The van der Waals surface area contributed by atoms with E-state index in [2.05, 4.69) is 41.5 Å². The van der Waals surface area contributed by atoms with Crippen molar-refractivity contribution in [3.05, 3.63) is 42.4 Å². The summed E-state index contributed by atoms with van der Waals surface area (Å²) in [4.78, 5) is 15.7. The summed E-state index contributed by atoms with van der Waals surface area (Å²) in [5, 5.41) is 17.7. The summed E-state index contributed by atoms with van der Waals surface area (Å²) in [5.74, 6) is 2.69. The lowest BCUT2D eigenvalue weighted by atomic mass is 9.93.